The minimum atomic E-state index is -3.11. The van der Waals surface area contributed by atoms with Gasteiger partial charge in [0.15, 0.2) is 9.84 Å². The van der Waals surface area contributed by atoms with Crippen molar-refractivity contribution in [2.75, 3.05) is 30.3 Å². The molecule has 0 atom stereocenters. The smallest absolute Gasteiger partial charge is 0.156 e. The first kappa shape index (κ1) is 18.0. The number of aryl methyl sites for hydroxylation is 1. The van der Waals surface area contributed by atoms with Gasteiger partial charge in [0.05, 0.1) is 10.5 Å². The largest absolute Gasteiger partial charge is 0.370 e. The van der Waals surface area contributed by atoms with Crippen LogP contribution in [0.25, 0.3) is 0 Å². The van der Waals surface area contributed by atoms with Crippen LogP contribution < -0.4 is 10.6 Å². The second-order valence-corrected chi connectivity index (χ2v) is 9.26. The standard InChI is InChI=1S/C16H28N2O2S/c1-14-6-8-15(9-7-14)18(11-5-10-17)12-13-21(19,20)16(2,3)4/h6-9H,5,10-13,17H2,1-4H3. The summed E-state index contributed by atoms with van der Waals surface area (Å²) in [5, 5.41) is 0. The summed E-state index contributed by atoms with van der Waals surface area (Å²) in [6.45, 7) is 9.17. The Bertz CT molecular complexity index is 530. The van der Waals surface area contributed by atoms with Crippen LogP contribution in [0.4, 0.5) is 5.69 Å². The first-order valence-electron chi connectivity index (χ1n) is 7.41. The minimum absolute atomic E-state index is 0.162. The van der Waals surface area contributed by atoms with Gasteiger partial charge in [0.25, 0.3) is 0 Å². The zero-order valence-electron chi connectivity index (χ0n) is 13.6. The third-order valence-corrected chi connectivity index (χ3v) is 6.18. The van der Waals surface area contributed by atoms with E-state index in [2.05, 4.69) is 4.90 Å². The Labute approximate surface area is 129 Å². The third kappa shape index (κ3) is 5.32. The molecule has 21 heavy (non-hydrogen) atoms. The number of hydrogen-bond donors (Lipinski definition) is 1. The molecule has 0 aliphatic rings. The van der Waals surface area contributed by atoms with Crippen molar-refractivity contribution in [3.8, 4) is 0 Å². The topological polar surface area (TPSA) is 63.4 Å². The van der Waals surface area contributed by atoms with Crippen molar-refractivity contribution in [2.24, 2.45) is 5.73 Å². The molecule has 0 heterocycles. The molecule has 0 aliphatic heterocycles. The molecule has 0 saturated carbocycles. The van der Waals surface area contributed by atoms with Crippen molar-refractivity contribution in [1.82, 2.24) is 0 Å². The molecule has 0 aliphatic carbocycles. The number of anilines is 1. The summed E-state index contributed by atoms with van der Waals surface area (Å²) in [7, 11) is -3.11. The van der Waals surface area contributed by atoms with E-state index in [-0.39, 0.29) is 5.75 Å². The molecule has 1 aromatic carbocycles. The van der Waals surface area contributed by atoms with Crippen molar-refractivity contribution in [2.45, 2.75) is 38.9 Å². The Morgan fingerprint density at radius 3 is 2.14 bits per heavy atom. The van der Waals surface area contributed by atoms with Crippen LogP contribution in [0, 0.1) is 6.92 Å². The number of rotatable bonds is 7. The maximum Gasteiger partial charge on any atom is 0.156 e. The van der Waals surface area contributed by atoms with Crippen molar-refractivity contribution in [1.29, 1.82) is 0 Å². The lowest BCUT2D eigenvalue weighted by atomic mass is 10.2. The van der Waals surface area contributed by atoms with Gasteiger partial charge in [-0.3, -0.25) is 0 Å². The van der Waals surface area contributed by atoms with Crippen molar-refractivity contribution in [3.63, 3.8) is 0 Å². The lowest BCUT2D eigenvalue weighted by molar-refractivity contribution is 0.558. The van der Waals surface area contributed by atoms with E-state index >= 15 is 0 Å². The number of nitrogens with two attached hydrogens (primary N) is 1. The fraction of sp³-hybridized carbons (Fsp3) is 0.625. The van der Waals surface area contributed by atoms with Crippen molar-refractivity contribution in [3.05, 3.63) is 29.8 Å². The number of nitrogens with zero attached hydrogens (tertiary/aromatic N) is 1. The summed E-state index contributed by atoms with van der Waals surface area (Å²) in [4.78, 5) is 2.11. The van der Waals surface area contributed by atoms with Gasteiger partial charge < -0.3 is 10.6 Å². The fourth-order valence-corrected chi connectivity index (χ4v) is 3.02. The maximum atomic E-state index is 12.3. The fourth-order valence-electron chi connectivity index (χ4n) is 1.94. The molecule has 120 valence electrons. The Kier molecular flexibility index (Phi) is 6.23. The highest BCUT2D eigenvalue weighted by molar-refractivity contribution is 7.92. The highest BCUT2D eigenvalue weighted by Gasteiger charge is 2.29. The molecule has 0 amide bonds. The van der Waals surface area contributed by atoms with E-state index in [9.17, 15) is 8.42 Å². The molecular formula is C16H28N2O2S. The van der Waals surface area contributed by atoms with Crippen molar-refractivity contribution >= 4 is 15.5 Å². The Morgan fingerprint density at radius 2 is 1.67 bits per heavy atom. The Hall–Kier alpha value is -1.07. The van der Waals surface area contributed by atoms with Gasteiger partial charge in [-0.2, -0.15) is 0 Å². The summed E-state index contributed by atoms with van der Waals surface area (Å²) in [5.41, 5.74) is 7.83. The van der Waals surface area contributed by atoms with E-state index in [1.807, 2.05) is 31.2 Å². The molecule has 4 nitrogen and oxygen atoms in total. The molecule has 2 N–H and O–H groups in total. The summed E-state index contributed by atoms with van der Waals surface area (Å²) in [6, 6.07) is 8.16. The molecule has 1 rings (SSSR count). The van der Waals surface area contributed by atoms with Gasteiger partial charge in [0.2, 0.25) is 0 Å². The van der Waals surface area contributed by atoms with Crippen LogP contribution in [0.15, 0.2) is 24.3 Å². The molecular weight excluding hydrogens is 284 g/mol. The molecule has 0 saturated heterocycles. The number of sulfone groups is 1. The molecule has 5 heteroatoms. The van der Waals surface area contributed by atoms with Gasteiger partial charge >= 0.3 is 0 Å². The molecule has 0 bridgehead atoms. The second-order valence-electron chi connectivity index (χ2n) is 6.40. The molecule has 0 spiro atoms. The summed E-state index contributed by atoms with van der Waals surface area (Å²) < 4.78 is 23.8. The quantitative estimate of drug-likeness (QED) is 0.839. The first-order valence-corrected chi connectivity index (χ1v) is 9.06. The molecule has 0 unspecified atom stereocenters. The number of hydrogen-bond acceptors (Lipinski definition) is 4. The van der Waals surface area contributed by atoms with Gasteiger partial charge in [0.1, 0.15) is 0 Å². The zero-order valence-corrected chi connectivity index (χ0v) is 14.4. The zero-order chi connectivity index (χ0) is 16.1. The number of benzene rings is 1. The predicted molar refractivity (Wildman–Crippen MR) is 90.6 cm³/mol. The monoisotopic (exact) mass is 312 g/mol. The van der Waals surface area contributed by atoms with E-state index < -0.39 is 14.6 Å². The summed E-state index contributed by atoms with van der Waals surface area (Å²) in [6.07, 6.45) is 0.851. The molecule has 0 fully saturated rings. The van der Waals surface area contributed by atoms with Gasteiger partial charge in [-0.25, -0.2) is 8.42 Å². The third-order valence-electron chi connectivity index (χ3n) is 3.59. The SMILES string of the molecule is Cc1ccc(N(CCCN)CCS(=O)(=O)C(C)(C)C)cc1. The highest BCUT2D eigenvalue weighted by Crippen LogP contribution is 2.19. The Morgan fingerprint density at radius 1 is 1.10 bits per heavy atom. The molecule has 0 radical (unpaired) electrons. The van der Waals surface area contributed by atoms with E-state index in [4.69, 9.17) is 5.73 Å². The van der Waals surface area contributed by atoms with Crippen LogP contribution >= 0.6 is 0 Å². The van der Waals surface area contributed by atoms with Gasteiger partial charge in [-0.1, -0.05) is 17.7 Å². The van der Waals surface area contributed by atoms with Gasteiger partial charge in [-0.15, -0.1) is 0 Å². The average molecular weight is 312 g/mol. The first-order chi connectivity index (χ1) is 9.67. The molecule has 1 aromatic rings. The van der Waals surface area contributed by atoms with E-state index in [1.54, 1.807) is 20.8 Å². The second kappa shape index (κ2) is 7.27. The van der Waals surface area contributed by atoms with E-state index in [1.165, 1.54) is 5.56 Å². The summed E-state index contributed by atoms with van der Waals surface area (Å²) >= 11 is 0. The van der Waals surface area contributed by atoms with Crippen LogP contribution in [0.2, 0.25) is 0 Å². The lowest BCUT2D eigenvalue weighted by Gasteiger charge is -2.27. The Balaban J connectivity index is 2.82. The van der Waals surface area contributed by atoms with Crippen LogP contribution in [0.5, 0.6) is 0 Å². The molecule has 0 aromatic heterocycles. The van der Waals surface area contributed by atoms with Crippen LogP contribution in [-0.2, 0) is 9.84 Å². The maximum absolute atomic E-state index is 12.3. The minimum Gasteiger partial charge on any atom is -0.370 e. The van der Waals surface area contributed by atoms with E-state index in [0.29, 0.717) is 13.1 Å². The van der Waals surface area contributed by atoms with Crippen LogP contribution in [0.1, 0.15) is 32.8 Å². The normalized spacial score (nSPS) is 12.4. The van der Waals surface area contributed by atoms with Gasteiger partial charge in [0, 0.05) is 18.8 Å². The summed E-state index contributed by atoms with van der Waals surface area (Å²) in [5.74, 6) is 0.162. The van der Waals surface area contributed by atoms with Crippen molar-refractivity contribution < 1.29 is 8.42 Å². The van der Waals surface area contributed by atoms with Crippen LogP contribution in [0.3, 0.4) is 0 Å². The lowest BCUT2D eigenvalue weighted by Crippen LogP contribution is -2.37. The van der Waals surface area contributed by atoms with Crippen LogP contribution in [-0.4, -0.2) is 38.6 Å². The van der Waals surface area contributed by atoms with Gasteiger partial charge in [-0.05, 0) is 52.8 Å². The highest BCUT2D eigenvalue weighted by atomic mass is 32.2. The predicted octanol–water partition coefficient (Wildman–Crippen LogP) is 2.36. The average Bonchev–Trinajstić information content (AvgIpc) is 2.39. The van der Waals surface area contributed by atoms with E-state index in [0.717, 1.165) is 18.7 Å².